The molecule has 1 aromatic carbocycles. The predicted octanol–water partition coefficient (Wildman–Crippen LogP) is 2.08. The zero-order valence-corrected chi connectivity index (χ0v) is 12.7. The van der Waals surface area contributed by atoms with Gasteiger partial charge in [0.2, 0.25) is 0 Å². The van der Waals surface area contributed by atoms with E-state index in [1.54, 1.807) is 0 Å². The van der Waals surface area contributed by atoms with E-state index in [0.29, 0.717) is 12.5 Å². The summed E-state index contributed by atoms with van der Waals surface area (Å²) in [7, 11) is 0. The quantitative estimate of drug-likeness (QED) is 0.771. The minimum atomic E-state index is -0.105. The molecule has 0 radical (unpaired) electrons. The van der Waals surface area contributed by atoms with Gasteiger partial charge in [0, 0.05) is 13.2 Å². The summed E-state index contributed by atoms with van der Waals surface area (Å²) in [5.74, 6) is 0.999. The molecule has 1 aliphatic rings. The lowest BCUT2D eigenvalue weighted by Crippen LogP contribution is -2.33. The minimum absolute atomic E-state index is 0.0499. The average Bonchev–Trinajstić information content (AvgIpc) is 2.96. The number of rotatable bonds is 8. The van der Waals surface area contributed by atoms with Crippen LogP contribution in [0.3, 0.4) is 0 Å². The lowest BCUT2D eigenvalue weighted by atomic mass is 10.0. The Balaban J connectivity index is 1.73. The zero-order valence-electron chi connectivity index (χ0n) is 12.7. The Labute approximate surface area is 126 Å². The highest BCUT2D eigenvalue weighted by Crippen LogP contribution is 2.25. The van der Waals surface area contributed by atoms with E-state index in [4.69, 9.17) is 9.84 Å². The van der Waals surface area contributed by atoms with Gasteiger partial charge >= 0.3 is 0 Å². The molecular weight excluding hydrogens is 266 g/mol. The van der Waals surface area contributed by atoms with Gasteiger partial charge in [0.15, 0.2) is 6.61 Å². The summed E-state index contributed by atoms with van der Waals surface area (Å²) in [6, 6.07) is 6.10. The van der Waals surface area contributed by atoms with Crippen LogP contribution in [0.4, 0.5) is 0 Å². The second-order valence-corrected chi connectivity index (χ2v) is 5.66. The predicted molar refractivity (Wildman–Crippen MR) is 82.5 cm³/mol. The number of carbonyl (C=O) groups excluding carboxylic acids is 1. The number of aliphatic hydroxyl groups is 1. The van der Waals surface area contributed by atoms with Crippen LogP contribution in [0.5, 0.6) is 5.75 Å². The molecule has 21 heavy (non-hydrogen) atoms. The number of benzene rings is 1. The van der Waals surface area contributed by atoms with Crippen LogP contribution in [-0.2, 0) is 17.6 Å². The van der Waals surface area contributed by atoms with Crippen molar-refractivity contribution in [3.63, 3.8) is 0 Å². The molecule has 0 heterocycles. The molecule has 1 unspecified atom stereocenters. The van der Waals surface area contributed by atoms with Crippen molar-refractivity contribution in [2.45, 2.75) is 39.0 Å². The first kappa shape index (κ1) is 15.8. The van der Waals surface area contributed by atoms with Gasteiger partial charge < -0.3 is 15.2 Å². The second kappa shape index (κ2) is 8.03. The Morgan fingerprint density at radius 3 is 2.95 bits per heavy atom. The fourth-order valence-corrected chi connectivity index (χ4v) is 2.73. The largest absolute Gasteiger partial charge is 0.484 e. The van der Waals surface area contributed by atoms with E-state index >= 15 is 0 Å². The Hall–Kier alpha value is -1.55. The van der Waals surface area contributed by atoms with Crippen LogP contribution in [0.15, 0.2) is 18.2 Å². The SMILES string of the molecule is CCC(CCO)CNC(=O)COc1ccc2c(c1)CCC2. The minimum Gasteiger partial charge on any atom is -0.484 e. The highest BCUT2D eigenvalue weighted by molar-refractivity contribution is 5.77. The van der Waals surface area contributed by atoms with E-state index in [1.165, 1.54) is 17.5 Å². The fourth-order valence-electron chi connectivity index (χ4n) is 2.73. The molecule has 2 rings (SSSR count). The summed E-state index contributed by atoms with van der Waals surface area (Å²) in [5.41, 5.74) is 2.75. The Bertz CT molecular complexity index is 473. The summed E-state index contributed by atoms with van der Waals surface area (Å²) < 4.78 is 5.56. The number of aliphatic hydroxyl groups excluding tert-OH is 1. The second-order valence-electron chi connectivity index (χ2n) is 5.66. The number of aryl methyl sites for hydroxylation is 2. The van der Waals surface area contributed by atoms with Crippen molar-refractivity contribution in [1.29, 1.82) is 0 Å². The molecule has 0 saturated carbocycles. The number of carbonyl (C=O) groups is 1. The first-order chi connectivity index (χ1) is 10.2. The molecule has 0 aromatic heterocycles. The number of hydrogen-bond donors (Lipinski definition) is 2. The number of ether oxygens (including phenoxy) is 1. The van der Waals surface area contributed by atoms with Gasteiger partial charge in [-0.25, -0.2) is 0 Å². The standard InChI is InChI=1S/C17H25NO3/c1-2-13(8-9-19)11-18-17(20)12-21-16-7-6-14-4-3-5-15(14)10-16/h6-7,10,13,19H,2-5,8-9,11-12H2,1H3,(H,18,20). The molecule has 0 bridgehead atoms. The smallest absolute Gasteiger partial charge is 0.257 e. The Morgan fingerprint density at radius 1 is 1.38 bits per heavy atom. The molecule has 0 saturated heterocycles. The van der Waals surface area contributed by atoms with Gasteiger partial charge in [0.05, 0.1) is 0 Å². The molecule has 2 N–H and O–H groups in total. The van der Waals surface area contributed by atoms with E-state index in [1.807, 2.05) is 6.07 Å². The summed E-state index contributed by atoms with van der Waals surface area (Å²) in [5, 5.41) is 11.8. The summed E-state index contributed by atoms with van der Waals surface area (Å²) in [6.45, 7) is 2.88. The molecule has 0 aliphatic heterocycles. The molecule has 116 valence electrons. The van der Waals surface area contributed by atoms with Crippen molar-refractivity contribution in [2.75, 3.05) is 19.8 Å². The van der Waals surface area contributed by atoms with Gasteiger partial charge in [0.25, 0.3) is 5.91 Å². The number of fused-ring (bicyclic) bond motifs is 1. The maximum Gasteiger partial charge on any atom is 0.257 e. The van der Waals surface area contributed by atoms with E-state index in [0.717, 1.165) is 31.4 Å². The van der Waals surface area contributed by atoms with E-state index < -0.39 is 0 Å². The van der Waals surface area contributed by atoms with Crippen molar-refractivity contribution < 1.29 is 14.6 Å². The van der Waals surface area contributed by atoms with Gasteiger partial charge in [-0.15, -0.1) is 0 Å². The van der Waals surface area contributed by atoms with Crippen LogP contribution in [0, 0.1) is 5.92 Å². The first-order valence-electron chi connectivity index (χ1n) is 7.85. The Kier molecular flexibility index (Phi) is 6.05. The van der Waals surface area contributed by atoms with Crippen molar-refractivity contribution in [2.24, 2.45) is 5.92 Å². The molecule has 4 heteroatoms. The summed E-state index contributed by atoms with van der Waals surface area (Å²) >= 11 is 0. The van der Waals surface area contributed by atoms with Gasteiger partial charge in [-0.05, 0) is 54.9 Å². The van der Waals surface area contributed by atoms with E-state index in [-0.39, 0.29) is 19.1 Å². The van der Waals surface area contributed by atoms with Crippen LogP contribution < -0.4 is 10.1 Å². The monoisotopic (exact) mass is 291 g/mol. The van der Waals surface area contributed by atoms with Crippen molar-refractivity contribution in [1.82, 2.24) is 5.32 Å². The van der Waals surface area contributed by atoms with Crippen molar-refractivity contribution in [3.05, 3.63) is 29.3 Å². The zero-order chi connectivity index (χ0) is 15.1. The molecule has 1 atom stereocenters. The molecule has 1 aliphatic carbocycles. The number of nitrogens with one attached hydrogen (secondary N) is 1. The number of amides is 1. The third kappa shape index (κ3) is 4.74. The fraction of sp³-hybridized carbons (Fsp3) is 0.588. The topological polar surface area (TPSA) is 58.6 Å². The van der Waals surface area contributed by atoms with Gasteiger partial charge in [0.1, 0.15) is 5.75 Å². The van der Waals surface area contributed by atoms with Crippen molar-refractivity contribution >= 4 is 5.91 Å². The van der Waals surface area contributed by atoms with Crippen LogP contribution in [0.2, 0.25) is 0 Å². The third-order valence-corrected chi connectivity index (χ3v) is 4.14. The van der Waals surface area contributed by atoms with Gasteiger partial charge in [-0.3, -0.25) is 4.79 Å². The first-order valence-corrected chi connectivity index (χ1v) is 7.85. The van der Waals surface area contributed by atoms with Crippen LogP contribution in [0.25, 0.3) is 0 Å². The van der Waals surface area contributed by atoms with E-state index in [2.05, 4.69) is 24.4 Å². The highest BCUT2D eigenvalue weighted by atomic mass is 16.5. The average molecular weight is 291 g/mol. The molecule has 4 nitrogen and oxygen atoms in total. The summed E-state index contributed by atoms with van der Waals surface area (Å²) in [6.07, 6.45) is 5.15. The molecular formula is C17H25NO3. The van der Waals surface area contributed by atoms with E-state index in [9.17, 15) is 4.79 Å². The normalized spacial score (nSPS) is 14.6. The number of hydrogen-bond acceptors (Lipinski definition) is 3. The molecule has 1 aromatic rings. The lowest BCUT2D eigenvalue weighted by Gasteiger charge is -2.14. The molecule has 0 spiro atoms. The molecule has 1 amide bonds. The molecule has 0 fully saturated rings. The highest BCUT2D eigenvalue weighted by Gasteiger charge is 2.12. The maximum atomic E-state index is 11.8. The van der Waals surface area contributed by atoms with Gasteiger partial charge in [-0.2, -0.15) is 0 Å². The maximum absolute atomic E-state index is 11.8. The van der Waals surface area contributed by atoms with Gasteiger partial charge in [-0.1, -0.05) is 19.4 Å². The van der Waals surface area contributed by atoms with Crippen LogP contribution in [-0.4, -0.2) is 30.8 Å². The Morgan fingerprint density at radius 2 is 2.19 bits per heavy atom. The summed E-state index contributed by atoms with van der Waals surface area (Å²) in [4.78, 5) is 11.8. The third-order valence-electron chi connectivity index (χ3n) is 4.14. The lowest BCUT2D eigenvalue weighted by molar-refractivity contribution is -0.123. The van der Waals surface area contributed by atoms with Crippen LogP contribution >= 0.6 is 0 Å². The van der Waals surface area contributed by atoms with Crippen molar-refractivity contribution in [3.8, 4) is 5.75 Å². The van der Waals surface area contributed by atoms with Crippen LogP contribution in [0.1, 0.15) is 37.3 Å².